The summed E-state index contributed by atoms with van der Waals surface area (Å²) in [4.78, 5) is 29.8. The number of hydrogen-bond acceptors (Lipinski definition) is 5. The lowest BCUT2D eigenvalue weighted by atomic mass is 10.1. The van der Waals surface area contributed by atoms with E-state index in [-0.39, 0.29) is 34.4 Å². The molecule has 2 aromatic rings. The number of hydrogen-bond donors (Lipinski definition) is 1. The van der Waals surface area contributed by atoms with Crippen molar-refractivity contribution in [2.75, 3.05) is 51.1 Å². The van der Waals surface area contributed by atoms with Crippen LogP contribution in [0, 0.1) is 11.6 Å². The summed E-state index contributed by atoms with van der Waals surface area (Å²) in [6.45, 7) is 0.968. The molecule has 1 N–H and O–H groups in total. The monoisotopic (exact) mass is 420 g/mol. The van der Waals surface area contributed by atoms with Crippen LogP contribution in [0.1, 0.15) is 35.7 Å². The van der Waals surface area contributed by atoms with Crippen LogP contribution < -0.4 is 15.2 Å². The molecule has 9 heteroatoms. The van der Waals surface area contributed by atoms with Crippen molar-refractivity contribution < 1.29 is 18.7 Å². The molecule has 4 rings (SSSR count). The molecule has 1 unspecified atom stereocenters. The summed E-state index contributed by atoms with van der Waals surface area (Å²) in [5.74, 6) is -3.03. The molecule has 1 atom stereocenters. The summed E-state index contributed by atoms with van der Waals surface area (Å²) in [6, 6.07) is 0.0736. The lowest BCUT2D eigenvalue weighted by Gasteiger charge is -2.27. The van der Waals surface area contributed by atoms with Gasteiger partial charge in [0.05, 0.1) is 16.6 Å². The van der Waals surface area contributed by atoms with Gasteiger partial charge >= 0.3 is 5.97 Å². The van der Waals surface area contributed by atoms with Crippen LogP contribution >= 0.6 is 0 Å². The molecule has 1 aromatic carbocycles. The SMILES string of the molecule is CN(C)c1c(F)c(N2CCC(N(C)C)C2)c(F)c2c1c(=O)c(C(=O)O)cn2C1CC1. The summed E-state index contributed by atoms with van der Waals surface area (Å²) in [6.07, 6.45) is 3.50. The van der Waals surface area contributed by atoms with Gasteiger partial charge in [0, 0.05) is 45.5 Å². The number of pyridine rings is 1. The minimum atomic E-state index is -1.40. The Hall–Kier alpha value is -2.68. The molecular weight excluding hydrogens is 394 g/mol. The lowest BCUT2D eigenvalue weighted by molar-refractivity contribution is 0.0695. The highest BCUT2D eigenvalue weighted by Gasteiger charge is 2.36. The van der Waals surface area contributed by atoms with Gasteiger partial charge in [0.1, 0.15) is 11.3 Å². The van der Waals surface area contributed by atoms with Gasteiger partial charge in [0.15, 0.2) is 11.6 Å². The fourth-order valence-corrected chi connectivity index (χ4v) is 4.36. The molecule has 1 aromatic heterocycles. The van der Waals surface area contributed by atoms with Crippen LogP contribution in [0.2, 0.25) is 0 Å². The molecule has 0 bridgehead atoms. The third kappa shape index (κ3) is 3.12. The second-order valence-electron chi connectivity index (χ2n) is 8.61. The highest BCUT2D eigenvalue weighted by molar-refractivity contribution is 6.00. The zero-order valence-corrected chi connectivity index (χ0v) is 17.6. The predicted octanol–water partition coefficient (Wildman–Crippen LogP) is 2.52. The summed E-state index contributed by atoms with van der Waals surface area (Å²) in [5, 5.41) is 9.29. The van der Waals surface area contributed by atoms with Crippen molar-refractivity contribution >= 4 is 28.2 Å². The van der Waals surface area contributed by atoms with Gasteiger partial charge in [-0.3, -0.25) is 4.79 Å². The summed E-state index contributed by atoms with van der Waals surface area (Å²) in [7, 11) is 7.01. The standard InChI is InChI=1S/C21H26F2N4O3/c1-24(2)12-7-8-26(9-12)19-15(22)17(25(3)4)14-18(16(19)23)27(11-5-6-11)10-13(20(14)28)21(29)30/h10-12H,5-9H2,1-4H3,(H,29,30). The highest BCUT2D eigenvalue weighted by atomic mass is 19.1. The molecule has 7 nitrogen and oxygen atoms in total. The third-order valence-corrected chi connectivity index (χ3v) is 6.13. The molecule has 1 aliphatic carbocycles. The van der Waals surface area contributed by atoms with Crippen LogP contribution in [0.3, 0.4) is 0 Å². The molecule has 2 fully saturated rings. The van der Waals surface area contributed by atoms with Gasteiger partial charge < -0.3 is 24.4 Å². The summed E-state index contributed by atoms with van der Waals surface area (Å²) >= 11 is 0. The third-order valence-electron chi connectivity index (χ3n) is 6.13. The maximum atomic E-state index is 15.9. The van der Waals surface area contributed by atoms with Crippen molar-refractivity contribution in [3.63, 3.8) is 0 Å². The maximum absolute atomic E-state index is 15.9. The van der Waals surface area contributed by atoms with Crippen LogP contribution in [0.25, 0.3) is 10.9 Å². The van der Waals surface area contributed by atoms with E-state index < -0.39 is 28.6 Å². The molecule has 1 saturated heterocycles. The average molecular weight is 420 g/mol. The van der Waals surface area contributed by atoms with E-state index in [1.807, 2.05) is 19.0 Å². The van der Waals surface area contributed by atoms with Crippen LogP contribution in [0.15, 0.2) is 11.0 Å². The number of carboxylic acids is 1. The van der Waals surface area contributed by atoms with E-state index in [0.29, 0.717) is 13.1 Å². The molecule has 0 radical (unpaired) electrons. The van der Waals surface area contributed by atoms with Crippen molar-refractivity contribution in [3.8, 4) is 0 Å². The Kier molecular flexibility index (Phi) is 4.96. The topological polar surface area (TPSA) is 69.0 Å². The van der Waals surface area contributed by atoms with Crippen molar-refractivity contribution in [1.29, 1.82) is 0 Å². The maximum Gasteiger partial charge on any atom is 0.341 e. The Bertz CT molecular complexity index is 1090. The first-order valence-corrected chi connectivity index (χ1v) is 10.0. The molecular formula is C21H26F2N4O3. The molecule has 30 heavy (non-hydrogen) atoms. The number of halogens is 2. The van der Waals surface area contributed by atoms with E-state index in [2.05, 4.69) is 0 Å². The van der Waals surface area contributed by atoms with E-state index in [0.717, 1.165) is 19.3 Å². The lowest BCUT2D eigenvalue weighted by Crippen LogP contribution is -2.32. The number of nitrogens with zero attached hydrogens (tertiary/aromatic N) is 4. The Morgan fingerprint density at radius 2 is 1.80 bits per heavy atom. The van der Waals surface area contributed by atoms with Gasteiger partial charge in [0.25, 0.3) is 0 Å². The van der Waals surface area contributed by atoms with Crippen molar-refractivity contribution in [2.45, 2.75) is 31.3 Å². The Morgan fingerprint density at radius 3 is 2.30 bits per heavy atom. The largest absolute Gasteiger partial charge is 0.477 e. The number of rotatable bonds is 5. The smallest absolute Gasteiger partial charge is 0.341 e. The fourth-order valence-electron chi connectivity index (χ4n) is 4.36. The first-order valence-electron chi connectivity index (χ1n) is 10.0. The van der Waals surface area contributed by atoms with E-state index in [4.69, 9.17) is 0 Å². The minimum Gasteiger partial charge on any atom is -0.477 e. The number of anilines is 2. The number of benzene rings is 1. The Labute approximate surface area is 173 Å². The van der Waals surface area contributed by atoms with Crippen LogP contribution in [-0.4, -0.2) is 67.9 Å². The van der Waals surface area contributed by atoms with Gasteiger partial charge in [0.2, 0.25) is 5.43 Å². The number of fused-ring (bicyclic) bond motifs is 1. The number of likely N-dealkylation sites (N-methyl/N-ethyl adjacent to an activating group) is 1. The van der Waals surface area contributed by atoms with E-state index in [1.54, 1.807) is 19.0 Å². The first kappa shape index (κ1) is 20.6. The average Bonchev–Trinajstić information content (AvgIpc) is 3.39. The second-order valence-corrected chi connectivity index (χ2v) is 8.61. The number of aromatic carboxylic acids is 1. The Balaban J connectivity index is 2.07. The van der Waals surface area contributed by atoms with Crippen molar-refractivity contribution in [1.82, 2.24) is 9.47 Å². The quantitative estimate of drug-likeness (QED) is 0.802. The van der Waals surface area contributed by atoms with Gasteiger partial charge in [-0.2, -0.15) is 0 Å². The molecule has 2 aliphatic rings. The fraction of sp³-hybridized carbons (Fsp3) is 0.524. The van der Waals surface area contributed by atoms with E-state index >= 15 is 8.78 Å². The number of aromatic nitrogens is 1. The van der Waals surface area contributed by atoms with Crippen LogP contribution in [-0.2, 0) is 0 Å². The highest BCUT2D eigenvalue weighted by Crippen LogP contribution is 2.43. The normalized spacial score (nSPS) is 19.2. The summed E-state index contributed by atoms with van der Waals surface area (Å²) < 4.78 is 33.1. The van der Waals surface area contributed by atoms with E-state index in [1.165, 1.54) is 15.7 Å². The van der Waals surface area contributed by atoms with Crippen LogP contribution in [0.4, 0.5) is 20.2 Å². The number of carboxylic acid groups (broad SMARTS) is 1. The predicted molar refractivity (Wildman–Crippen MR) is 112 cm³/mol. The molecule has 1 saturated carbocycles. The minimum absolute atomic E-state index is 0.0131. The molecule has 0 amide bonds. The second kappa shape index (κ2) is 7.23. The van der Waals surface area contributed by atoms with Gasteiger partial charge in [-0.25, -0.2) is 13.6 Å². The van der Waals surface area contributed by atoms with Crippen molar-refractivity contribution in [2.24, 2.45) is 0 Å². The molecule has 162 valence electrons. The van der Waals surface area contributed by atoms with Crippen molar-refractivity contribution in [3.05, 3.63) is 33.6 Å². The van der Waals surface area contributed by atoms with Crippen LogP contribution in [0.5, 0.6) is 0 Å². The van der Waals surface area contributed by atoms with Gasteiger partial charge in [-0.05, 0) is 33.4 Å². The Morgan fingerprint density at radius 1 is 1.13 bits per heavy atom. The van der Waals surface area contributed by atoms with E-state index in [9.17, 15) is 14.7 Å². The summed E-state index contributed by atoms with van der Waals surface area (Å²) in [5.41, 5.74) is -1.57. The van der Waals surface area contributed by atoms with Gasteiger partial charge in [-0.1, -0.05) is 0 Å². The zero-order valence-electron chi connectivity index (χ0n) is 17.6. The van der Waals surface area contributed by atoms with Gasteiger partial charge in [-0.15, -0.1) is 0 Å². The molecule has 2 heterocycles. The molecule has 0 spiro atoms. The molecule has 1 aliphatic heterocycles. The zero-order chi connectivity index (χ0) is 21.9. The first-order chi connectivity index (χ1) is 14.1. The number of carbonyl (C=O) groups is 1.